The minimum atomic E-state index is 0.441. The average molecular weight is 401 g/mol. The third-order valence-electron chi connectivity index (χ3n) is 7.06. The van der Waals surface area contributed by atoms with Crippen LogP contribution in [0.3, 0.4) is 0 Å². The Morgan fingerprint density at radius 2 is 2.03 bits per heavy atom. The van der Waals surface area contributed by atoms with E-state index in [0.29, 0.717) is 30.0 Å². The van der Waals surface area contributed by atoms with Gasteiger partial charge in [0.05, 0.1) is 24.5 Å². The molecule has 6 nitrogen and oxygen atoms in total. The van der Waals surface area contributed by atoms with Crippen molar-refractivity contribution in [3.05, 3.63) is 58.5 Å². The van der Waals surface area contributed by atoms with Crippen LogP contribution in [0.4, 0.5) is 11.4 Å². The molecule has 1 aliphatic carbocycles. The van der Waals surface area contributed by atoms with Gasteiger partial charge >= 0.3 is 0 Å². The van der Waals surface area contributed by atoms with Gasteiger partial charge in [0.2, 0.25) is 0 Å². The van der Waals surface area contributed by atoms with Gasteiger partial charge in [0.1, 0.15) is 5.69 Å². The number of hydrogen-bond acceptors (Lipinski definition) is 5. The van der Waals surface area contributed by atoms with Gasteiger partial charge in [-0.05, 0) is 62.1 Å². The number of anilines is 1. The topological polar surface area (TPSA) is 71.8 Å². The lowest BCUT2D eigenvalue weighted by Crippen LogP contribution is -2.36. The number of aliphatic imine (C=N–C) groups is 1. The second-order valence-corrected chi connectivity index (χ2v) is 8.88. The molecule has 0 amide bonds. The molecule has 5 rings (SSSR count). The van der Waals surface area contributed by atoms with Crippen molar-refractivity contribution in [1.82, 2.24) is 9.97 Å². The molecular formula is C24H28N6. The smallest absolute Gasteiger partial charge is 0.187 e. The van der Waals surface area contributed by atoms with E-state index in [1.54, 1.807) is 0 Å². The summed E-state index contributed by atoms with van der Waals surface area (Å²) in [5, 5.41) is 0. The third kappa shape index (κ3) is 3.27. The van der Waals surface area contributed by atoms with Crippen molar-refractivity contribution in [1.29, 1.82) is 0 Å². The summed E-state index contributed by atoms with van der Waals surface area (Å²) >= 11 is 0. The van der Waals surface area contributed by atoms with Crippen molar-refractivity contribution >= 4 is 17.2 Å². The molecule has 0 unspecified atom stereocenters. The normalized spacial score (nSPS) is 25.3. The summed E-state index contributed by atoms with van der Waals surface area (Å²) in [6.07, 6.45) is 7.71. The van der Waals surface area contributed by atoms with Gasteiger partial charge in [-0.25, -0.2) is 9.83 Å². The lowest BCUT2D eigenvalue weighted by molar-refractivity contribution is 0.328. The molecule has 1 atom stereocenters. The standard InChI is InChI=1S/C24H28N6/c1-15-9-10-30(22-8-7-18(26-2)11-19(15)22)24-23-21(14-28-24)29-20(13-27-23)17-5-3-16(12-25)4-6-17/h7-8,11,13,15-17H,3-6,9-10,12,14,25H2,1H3/t15-,16?,17?/m0/s1. The predicted octanol–water partition coefficient (Wildman–Crippen LogP) is 4.53. The van der Waals surface area contributed by atoms with Gasteiger partial charge in [0.15, 0.2) is 11.5 Å². The van der Waals surface area contributed by atoms with Gasteiger partial charge in [0, 0.05) is 24.3 Å². The number of rotatable bonds is 2. The van der Waals surface area contributed by atoms with Crippen LogP contribution in [-0.4, -0.2) is 28.9 Å². The number of benzene rings is 1. The Kier molecular flexibility index (Phi) is 5.00. The van der Waals surface area contributed by atoms with Crippen LogP contribution in [0.15, 0.2) is 29.4 Å². The molecule has 6 heteroatoms. The molecule has 2 N–H and O–H groups in total. The highest BCUT2D eigenvalue weighted by Gasteiger charge is 2.32. The van der Waals surface area contributed by atoms with Crippen LogP contribution >= 0.6 is 0 Å². The molecular weight excluding hydrogens is 372 g/mol. The molecule has 0 radical (unpaired) electrons. The van der Waals surface area contributed by atoms with Gasteiger partial charge < -0.3 is 10.6 Å². The molecule has 1 saturated carbocycles. The summed E-state index contributed by atoms with van der Waals surface area (Å²) in [7, 11) is 0. The molecule has 0 spiro atoms. The molecule has 2 aliphatic heterocycles. The molecule has 1 aromatic carbocycles. The van der Waals surface area contributed by atoms with E-state index in [9.17, 15) is 0 Å². The fraction of sp³-hybridized carbons (Fsp3) is 0.500. The first-order valence-electron chi connectivity index (χ1n) is 11.1. The van der Waals surface area contributed by atoms with E-state index in [2.05, 4.69) is 22.7 Å². The van der Waals surface area contributed by atoms with E-state index in [-0.39, 0.29) is 0 Å². The van der Waals surface area contributed by atoms with Crippen LogP contribution in [-0.2, 0) is 6.54 Å². The van der Waals surface area contributed by atoms with E-state index in [1.165, 1.54) is 18.4 Å². The van der Waals surface area contributed by atoms with E-state index in [0.717, 1.165) is 61.0 Å². The van der Waals surface area contributed by atoms with Crippen molar-refractivity contribution in [3.63, 3.8) is 0 Å². The quantitative estimate of drug-likeness (QED) is 0.752. The lowest BCUT2D eigenvalue weighted by Gasteiger charge is -2.34. The molecule has 3 aliphatic rings. The maximum atomic E-state index is 7.33. The van der Waals surface area contributed by atoms with Gasteiger partial charge in [0.25, 0.3) is 0 Å². The maximum Gasteiger partial charge on any atom is 0.187 e. The number of fused-ring (bicyclic) bond motifs is 2. The number of nitrogens with zero attached hydrogens (tertiary/aromatic N) is 5. The zero-order valence-electron chi connectivity index (χ0n) is 17.5. The molecule has 3 heterocycles. The van der Waals surface area contributed by atoms with Crippen LogP contribution in [0, 0.1) is 12.5 Å². The summed E-state index contributed by atoms with van der Waals surface area (Å²) in [5.74, 6) is 2.54. The summed E-state index contributed by atoms with van der Waals surface area (Å²) in [4.78, 5) is 20.6. The van der Waals surface area contributed by atoms with E-state index >= 15 is 0 Å². The Morgan fingerprint density at radius 1 is 1.20 bits per heavy atom. The minimum Gasteiger partial charge on any atom is -0.330 e. The first kappa shape index (κ1) is 19.2. The highest BCUT2D eigenvalue weighted by atomic mass is 15.2. The summed E-state index contributed by atoms with van der Waals surface area (Å²) in [5.41, 5.74) is 12.0. The van der Waals surface area contributed by atoms with Crippen molar-refractivity contribution in [2.24, 2.45) is 16.6 Å². The van der Waals surface area contributed by atoms with Crippen molar-refractivity contribution < 1.29 is 0 Å². The molecule has 154 valence electrons. The van der Waals surface area contributed by atoms with Crippen LogP contribution in [0.1, 0.15) is 73.5 Å². The monoisotopic (exact) mass is 400 g/mol. The molecule has 1 aromatic heterocycles. The number of aromatic nitrogens is 2. The fourth-order valence-electron chi connectivity index (χ4n) is 5.14. The summed E-state index contributed by atoms with van der Waals surface area (Å²) < 4.78 is 0. The van der Waals surface area contributed by atoms with Gasteiger partial charge in [-0.1, -0.05) is 19.1 Å². The highest BCUT2D eigenvalue weighted by molar-refractivity contribution is 6.11. The van der Waals surface area contributed by atoms with E-state index < -0.39 is 0 Å². The molecule has 30 heavy (non-hydrogen) atoms. The number of hydrogen-bond donors (Lipinski definition) is 1. The predicted molar refractivity (Wildman–Crippen MR) is 119 cm³/mol. The van der Waals surface area contributed by atoms with Gasteiger partial charge in [-0.2, -0.15) is 0 Å². The number of nitrogens with two attached hydrogens (primary N) is 1. The fourth-order valence-corrected chi connectivity index (χ4v) is 5.14. The van der Waals surface area contributed by atoms with Crippen molar-refractivity contribution in [2.45, 2.75) is 57.4 Å². The zero-order valence-corrected chi connectivity index (χ0v) is 17.5. The first-order valence-corrected chi connectivity index (χ1v) is 11.1. The molecule has 0 bridgehead atoms. The molecule has 0 saturated heterocycles. The Labute approximate surface area is 178 Å². The minimum absolute atomic E-state index is 0.441. The average Bonchev–Trinajstić information content (AvgIpc) is 3.22. The Morgan fingerprint density at radius 3 is 2.80 bits per heavy atom. The zero-order chi connectivity index (χ0) is 20.7. The first-order chi connectivity index (χ1) is 14.7. The van der Waals surface area contributed by atoms with Crippen LogP contribution in [0.5, 0.6) is 0 Å². The Bertz CT molecular complexity index is 1030. The van der Waals surface area contributed by atoms with Crippen LogP contribution in [0.2, 0.25) is 0 Å². The second-order valence-electron chi connectivity index (χ2n) is 8.88. The molecule has 1 fully saturated rings. The Balaban J connectivity index is 1.41. The van der Waals surface area contributed by atoms with Crippen LogP contribution in [0.25, 0.3) is 4.85 Å². The second kappa shape index (κ2) is 7.81. The lowest BCUT2D eigenvalue weighted by atomic mass is 9.80. The van der Waals surface area contributed by atoms with Crippen molar-refractivity contribution in [3.8, 4) is 0 Å². The van der Waals surface area contributed by atoms with E-state index in [1.807, 2.05) is 18.3 Å². The van der Waals surface area contributed by atoms with E-state index in [4.69, 9.17) is 27.3 Å². The largest absolute Gasteiger partial charge is 0.330 e. The highest BCUT2D eigenvalue weighted by Crippen LogP contribution is 2.39. The van der Waals surface area contributed by atoms with Crippen molar-refractivity contribution in [2.75, 3.05) is 18.0 Å². The molecule has 2 aromatic rings. The van der Waals surface area contributed by atoms with Gasteiger partial charge in [-0.15, -0.1) is 0 Å². The van der Waals surface area contributed by atoms with Gasteiger partial charge in [-0.3, -0.25) is 9.98 Å². The summed E-state index contributed by atoms with van der Waals surface area (Å²) in [6.45, 7) is 11.9. The summed E-state index contributed by atoms with van der Waals surface area (Å²) in [6, 6.07) is 6.00. The van der Waals surface area contributed by atoms with Crippen LogP contribution < -0.4 is 10.6 Å². The number of amidine groups is 1. The maximum absolute atomic E-state index is 7.33. The Hall–Kier alpha value is -2.78. The third-order valence-corrected chi connectivity index (χ3v) is 7.06. The SMILES string of the molecule is [C-]#[N+]c1ccc2c(c1)[C@@H](C)CCN2C1=NCc2nc(C3CCC(CN)CC3)cnc21.